The van der Waals surface area contributed by atoms with Gasteiger partial charge in [0.2, 0.25) is 0 Å². The molecule has 0 aliphatic carbocycles. The molecule has 0 saturated carbocycles. The fourth-order valence-electron chi connectivity index (χ4n) is 1.92. The largest absolute Gasteiger partial charge is 0.334 e. The van der Waals surface area contributed by atoms with Gasteiger partial charge in [-0.25, -0.2) is 18.1 Å². The van der Waals surface area contributed by atoms with E-state index in [1.165, 1.54) is 0 Å². The average Bonchev–Trinajstić information content (AvgIpc) is 2.77. The van der Waals surface area contributed by atoms with Crippen molar-refractivity contribution in [2.75, 3.05) is 13.1 Å². The molecule has 0 fully saturated rings. The minimum absolute atomic E-state index is 0.107. The van der Waals surface area contributed by atoms with Gasteiger partial charge in [0, 0.05) is 19.3 Å². The van der Waals surface area contributed by atoms with Crippen molar-refractivity contribution in [3.8, 4) is 0 Å². The molecular formula is C13H26N4O2S. The first-order chi connectivity index (χ1) is 9.40. The molecule has 1 rings (SSSR count). The topological polar surface area (TPSA) is 90.0 Å². The van der Waals surface area contributed by atoms with Crippen LogP contribution >= 0.6 is 0 Å². The molecular weight excluding hydrogens is 276 g/mol. The second-order valence-electron chi connectivity index (χ2n) is 5.20. The van der Waals surface area contributed by atoms with Gasteiger partial charge in [0.25, 0.3) is 10.0 Å². The van der Waals surface area contributed by atoms with Gasteiger partial charge in [-0.2, -0.15) is 0 Å². The Kier molecular flexibility index (Phi) is 6.64. The van der Waals surface area contributed by atoms with Crippen molar-refractivity contribution in [1.82, 2.24) is 14.3 Å². The predicted octanol–water partition coefficient (Wildman–Crippen LogP) is 1.25. The summed E-state index contributed by atoms with van der Waals surface area (Å²) in [6.45, 7) is 7.76. The molecule has 0 aliphatic rings. The number of aryl methyl sites for hydroxylation is 2. The van der Waals surface area contributed by atoms with E-state index in [0.29, 0.717) is 19.0 Å². The van der Waals surface area contributed by atoms with E-state index in [0.717, 1.165) is 31.6 Å². The molecule has 1 aromatic heterocycles. The van der Waals surface area contributed by atoms with E-state index < -0.39 is 10.0 Å². The van der Waals surface area contributed by atoms with E-state index in [2.05, 4.69) is 16.6 Å². The Labute approximate surface area is 121 Å². The number of nitrogens with two attached hydrogens (primary N) is 1. The lowest BCUT2D eigenvalue weighted by Crippen LogP contribution is -2.25. The Morgan fingerprint density at radius 1 is 1.50 bits per heavy atom. The molecule has 3 N–H and O–H groups in total. The molecule has 6 nitrogen and oxygen atoms in total. The number of sulfonamides is 1. The molecule has 0 bridgehead atoms. The number of nitrogens with zero attached hydrogens (tertiary/aromatic N) is 2. The highest BCUT2D eigenvalue weighted by Gasteiger charge is 2.18. The monoisotopic (exact) mass is 302 g/mol. The lowest BCUT2D eigenvalue weighted by molar-refractivity contribution is 0.513. The highest BCUT2D eigenvalue weighted by molar-refractivity contribution is 7.89. The molecule has 1 unspecified atom stereocenters. The van der Waals surface area contributed by atoms with E-state index in [-0.39, 0.29) is 5.03 Å². The predicted molar refractivity (Wildman–Crippen MR) is 79.9 cm³/mol. The van der Waals surface area contributed by atoms with Gasteiger partial charge in [0.05, 0.1) is 0 Å². The zero-order chi connectivity index (χ0) is 15.2. The Morgan fingerprint density at radius 3 is 2.80 bits per heavy atom. The van der Waals surface area contributed by atoms with Gasteiger partial charge in [0.15, 0.2) is 5.03 Å². The fraction of sp³-hybridized carbons (Fsp3) is 0.769. The Hall–Kier alpha value is -0.920. The number of rotatable bonds is 9. The summed E-state index contributed by atoms with van der Waals surface area (Å²) in [6, 6.07) is 0. The van der Waals surface area contributed by atoms with Gasteiger partial charge in [-0.3, -0.25) is 0 Å². The van der Waals surface area contributed by atoms with Gasteiger partial charge < -0.3 is 10.3 Å². The Bertz CT molecular complexity index is 510. The van der Waals surface area contributed by atoms with Gasteiger partial charge in [0.1, 0.15) is 5.82 Å². The first-order valence-corrected chi connectivity index (χ1v) is 8.62. The van der Waals surface area contributed by atoms with Crippen molar-refractivity contribution in [1.29, 1.82) is 0 Å². The van der Waals surface area contributed by atoms with Crippen molar-refractivity contribution in [3.63, 3.8) is 0 Å². The Morgan fingerprint density at radius 2 is 2.20 bits per heavy atom. The SMILES string of the molecule is CCCn1cc(S(=O)(=O)NCCCC(C)CN)nc1C. The van der Waals surface area contributed by atoms with Crippen LogP contribution in [0, 0.1) is 12.8 Å². The normalized spacial score (nSPS) is 13.6. The number of hydrogen-bond acceptors (Lipinski definition) is 4. The summed E-state index contributed by atoms with van der Waals surface area (Å²) in [6.07, 6.45) is 4.25. The summed E-state index contributed by atoms with van der Waals surface area (Å²) in [5.41, 5.74) is 5.53. The summed E-state index contributed by atoms with van der Waals surface area (Å²) in [5.74, 6) is 1.15. The highest BCUT2D eigenvalue weighted by Crippen LogP contribution is 2.10. The van der Waals surface area contributed by atoms with Gasteiger partial charge >= 0.3 is 0 Å². The first kappa shape index (κ1) is 17.1. The lowest BCUT2D eigenvalue weighted by Gasteiger charge is -2.08. The van der Waals surface area contributed by atoms with Crippen LogP contribution < -0.4 is 10.5 Å². The van der Waals surface area contributed by atoms with Crippen molar-refractivity contribution in [2.45, 2.75) is 51.6 Å². The standard InChI is InChI=1S/C13H26N4O2S/c1-4-8-17-10-13(16-12(17)3)20(18,19)15-7-5-6-11(2)9-14/h10-11,15H,4-9,14H2,1-3H3. The van der Waals surface area contributed by atoms with Crippen LogP contribution in [0.15, 0.2) is 11.2 Å². The number of nitrogens with one attached hydrogen (secondary N) is 1. The molecule has 20 heavy (non-hydrogen) atoms. The van der Waals surface area contributed by atoms with Crippen molar-refractivity contribution < 1.29 is 8.42 Å². The quantitative estimate of drug-likeness (QED) is 0.672. The molecule has 0 amide bonds. The van der Waals surface area contributed by atoms with E-state index in [1.54, 1.807) is 6.20 Å². The third-order valence-corrected chi connectivity index (χ3v) is 4.59. The zero-order valence-electron chi connectivity index (χ0n) is 12.6. The van der Waals surface area contributed by atoms with Crippen molar-refractivity contribution >= 4 is 10.0 Å². The van der Waals surface area contributed by atoms with Crippen LogP contribution in [0.2, 0.25) is 0 Å². The van der Waals surface area contributed by atoms with Gasteiger partial charge in [-0.15, -0.1) is 0 Å². The van der Waals surface area contributed by atoms with E-state index in [4.69, 9.17) is 5.73 Å². The third kappa shape index (κ3) is 4.88. The van der Waals surface area contributed by atoms with Crippen molar-refractivity contribution in [3.05, 3.63) is 12.0 Å². The smallest absolute Gasteiger partial charge is 0.259 e. The van der Waals surface area contributed by atoms with Crippen LogP contribution in [0.3, 0.4) is 0 Å². The summed E-state index contributed by atoms with van der Waals surface area (Å²) < 4.78 is 28.7. The maximum atomic E-state index is 12.1. The maximum absolute atomic E-state index is 12.1. The number of aromatic nitrogens is 2. The molecule has 0 saturated heterocycles. The fourth-order valence-corrected chi connectivity index (χ4v) is 3.00. The summed E-state index contributed by atoms with van der Waals surface area (Å²) >= 11 is 0. The molecule has 0 aromatic carbocycles. The second kappa shape index (κ2) is 7.75. The van der Waals surface area contributed by atoms with Crippen LogP contribution in [-0.2, 0) is 16.6 Å². The number of imidazole rings is 1. The molecule has 116 valence electrons. The first-order valence-electron chi connectivity index (χ1n) is 7.14. The maximum Gasteiger partial charge on any atom is 0.259 e. The van der Waals surface area contributed by atoms with Crippen molar-refractivity contribution in [2.24, 2.45) is 11.7 Å². The second-order valence-corrected chi connectivity index (χ2v) is 6.91. The molecule has 7 heteroatoms. The molecule has 1 atom stereocenters. The molecule has 0 aliphatic heterocycles. The van der Waals surface area contributed by atoms with Crippen LogP contribution in [0.25, 0.3) is 0 Å². The zero-order valence-corrected chi connectivity index (χ0v) is 13.4. The van der Waals surface area contributed by atoms with E-state index >= 15 is 0 Å². The van der Waals surface area contributed by atoms with E-state index in [9.17, 15) is 8.42 Å². The molecule has 0 radical (unpaired) electrons. The van der Waals surface area contributed by atoms with Crippen LogP contribution in [0.1, 0.15) is 38.9 Å². The van der Waals surface area contributed by atoms with Gasteiger partial charge in [-0.1, -0.05) is 13.8 Å². The van der Waals surface area contributed by atoms with Crippen LogP contribution in [-0.4, -0.2) is 31.1 Å². The number of hydrogen-bond donors (Lipinski definition) is 2. The van der Waals surface area contributed by atoms with Gasteiger partial charge in [-0.05, 0) is 38.6 Å². The van der Waals surface area contributed by atoms with Crippen LogP contribution in [0.5, 0.6) is 0 Å². The molecule has 0 spiro atoms. The average molecular weight is 302 g/mol. The third-order valence-electron chi connectivity index (χ3n) is 3.26. The minimum atomic E-state index is -3.50. The molecule has 1 aromatic rings. The minimum Gasteiger partial charge on any atom is -0.334 e. The summed E-state index contributed by atoms with van der Waals surface area (Å²) in [4.78, 5) is 4.12. The molecule has 1 heterocycles. The highest BCUT2D eigenvalue weighted by atomic mass is 32.2. The summed E-state index contributed by atoms with van der Waals surface area (Å²) in [5, 5.41) is 0.107. The van der Waals surface area contributed by atoms with E-state index in [1.807, 2.05) is 18.4 Å². The lowest BCUT2D eigenvalue weighted by atomic mass is 10.1. The summed E-state index contributed by atoms with van der Waals surface area (Å²) in [7, 11) is -3.50. The van der Waals surface area contributed by atoms with Crippen LogP contribution in [0.4, 0.5) is 0 Å². The Balaban J connectivity index is 2.58.